The van der Waals surface area contributed by atoms with E-state index in [1.54, 1.807) is 55.5 Å². The molecule has 2 amide bonds. The van der Waals surface area contributed by atoms with E-state index in [1.807, 2.05) is 0 Å². The Morgan fingerprint density at radius 2 is 1.78 bits per heavy atom. The largest absolute Gasteiger partial charge is 0.340 e. The Bertz CT molecular complexity index is 1110. The molecule has 1 heterocycles. The lowest BCUT2D eigenvalue weighted by atomic mass is 9.96. The first-order valence-electron chi connectivity index (χ1n) is 10.5. The van der Waals surface area contributed by atoms with Crippen molar-refractivity contribution in [2.24, 2.45) is 0 Å². The smallest absolute Gasteiger partial charge is 0.257 e. The molecule has 1 aromatic heterocycles. The lowest BCUT2D eigenvalue weighted by Crippen LogP contribution is -2.44. The topological polar surface area (TPSA) is 109 Å². The fourth-order valence-electron chi connectivity index (χ4n) is 3.92. The fourth-order valence-corrected chi connectivity index (χ4v) is 4.04. The maximum absolute atomic E-state index is 12.8. The van der Waals surface area contributed by atoms with Crippen molar-refractivity contribution in [1.82, 2.24) is 15.5 Å². The number of halogens is 1. The molecule has 166 valence electrons. The molecule has 8 nitrogen and oxygen atoms in total. The maximum Gasteiger partial charge on any atom is 0.257 e. The quantitative estimate of drug-likeness (QED) is 0.492. The van der Waals surface area contributed by atoms with Crippen LogP contribution in [0.25, 0.3) is 0 Å². The Morgan fingerprint density at radius 3 is 2.47 bits per heavy atom. The molecule has 1 aliphatic rings. The Kier molecular flexibility index (Phi) is 6.53. The molecule has 0 saturated heterocycles. The summed E-state index contributed by atoms with van der Waals surface area (Å²) in [5, 5.41) is 13.6. The molecule has 1 fully saturated rings. The highest BCUT2D eigenvalue weighted by molar-refractivity contribution is 6.30. The number of rotatable bonds is 7. The molecule has 0 atom stereocenters. The summed E-state index contributed by atoms with van der Waals surface area (Å²) in [6.45, 7) is 1.80. The van der Waals surface area contributed by atoms with Crippen LogP contribution >= 0.6 is 11.6 Å². The number of hydrogen-bond donors (Lipinski definition) is 3. The normalized spacial score (nSPS) is 14.8. The number of aryl methyl sites for hydroxylation is 1. The van der Waals surface area contributed by atoms with E-state index in [0.29, 0.717) is 33.7 Å². The summed E-state index contributed by atoms with van der Waals surface area (Å²) in [7, 11) is 0. The lowest BCUT2D eigenvalue weighted by molar-refractivity contribution is -0.115. The first-order chi connectivity index (χ1) is 15.4. The van der Waals surface area contributed by atoms with Crippen LogP contribution in [0.3, 0.4) is 0 Å². The van der Waals surface area contributed by atoms with E-state index in [-0.39, 0.29) is 18.4 Å². The van der Waals surface area contributed by atoms with Gasteiger partial charge >= 0.3 is 0 Å². The number of carbonyl (C=O) groups is 2. The van der Waals surface area contributed by atoms with E-state index in [9.17, 15) is 9.59 Å². The Hall–Kier alpha value is -3.23. The van der Waals surface area contributed by atoms with Gasteiger partial charge in [-0.2, -0.15) is 4.98 Å². The summed E-state index contributed by atoms with van der Waals surface area (Å²) in [5.41, 5.74) is 0.934. The summed E-state index contributed by atoms with van der Waals surface area (Å²) in [6.07, 6.45) is 3.71. The highest BCUT2D eigenvalue weighted by atomic mass is 35.5. The van der Waals surface area contributed by atoms with Gasteiger partial charge in [0, 0.05) is 17.6 Å². The van der Waals surface area contributed by atoms with Crippen molar-refractivity contribution >= 4 is 34.8 Å². The van der Waals surface area contributed by atoms with E-state index >= 15 is 0 Å². The molecule has 3 N–H and O–H groups in total. The molecule has 1 aliphatic carbocycles. The van der Waals surface area contributed by atoms with Crippen LogP contribution in [0.2, 0.25) is 5.02 Å². The summed E-state index contributed by atoms with van der Waals surface area (Å²) < 4.78 is 5.15. The average molecular weight is 454 g/mol. The first kappa shape index (κ1) is 22.0. The zero-order valence-corrected chi connectivity index (χ0v) is 18.4. The van der Waals surface area contributed by atoms with Crippen LogP contribution in [0, 0.1) is 6.92 Å². The standard InChI is InChI=1S/C23H24ClN5O3/c1-15-26-22(29-32-15)23(12-4-5-13-23)25-14-20(30)28-19-7-3-2-6-18(19)21(31)27-17-10-8-16(24)9-11-17/h2-3,6-11,25H,4-5,12-14H2,1H3,(H,27,31)(H,28,30). The van der Waals surface area contributed by atoms with Crippen molar-refractivity contribution < 1.29 is 14.1 Å². The van der Waals surface area contributed by atoms with Gasteiger partial charge in [0.25, 0.3) is 5.91 Å². The number of amides is 2. The minimum atomic E-state index is -0.472. The van der Waals surface area contributed by atoms with Crippen molar-refractivity contribution in [3.8, 4) is 0 Å². The van der Waals surface area contributed by atoms with Crippen LogP contribution in [0.1, 0.15) is 47.8 Å². The molecule has 1 saturated carbocycles. The van der Waals surface area contributed by atoms with Gasteiger partial charge in [0.1, 0.15) is 0 Å². The number of para-hydroxylation sites is 1. The van der Waals surface area contributed by atoms with Crippen molar-refractivity contribution in [2.75, 3.05) is 17.2 Å². The number of carbonyl (C=O) groups excluding carboxylic acids is 2. The molecular weight excluding hydrogens is 430 g/mol. The third-order valence-corrected chi connectivity index (χ3v) is 5.80. The van der Waals surface area contributed by atoms with Gasteiger partial charge in [0.2, 0.25) is 11.8 Å². The van der Waals surface area contributed by atoms with Gasteiger partial charge in [-0.05, 0) is 49.2 Å². The monoisotopic (exact) mass is 453 g/mol. The highest BCUT2D eigenvalue weighted by Gasteiger charge is 2.39. The molecule has 2 aromatic carbocycles. The van der Waals surface area contributed by atoms with Crippen molar-refractivity contribution in [1.29, 1.82) is 0 Å². The molecule has 0 aliphatic heterocycles. The predicted molar refractivity (Wildman–Crippen MR) is 122 cm³/mol. The predicted octanol–water partition coefficient (Wildman–Crippen LogP) is 4.28. The summed E-state index contributed by atoms with van der Waals surface area (Å²) in [5.74, 6) is 0.496. The van der Waals surface area contributed by atoms with Gasteiger partial charge in [0.15, 0.2) is 5.82 Å². The third-order valence-electron chi connectivity index (χ3n) is 5.55. The minimum absolute atomic E-state index is 0.0563. The molecular formula is C23H24ClN5O3. The summed E-state index contributed by atoms with van der Waals surface area (Å²) in [6, 6.07) is 13.7. The van der Waals surface area contributed by atoms with E-state index in [1.165, 1.54) is 0 Å². The molecule has 9 heteroatoms. The van der Waals surface area contributed by atoms with Gasteiger partial charge in [-0.25, -0.2) is 0 Å². The van der Waals surface area contributed by atoms with Crippen molar-refractivity contribution in [2.45, 2.75) is 38.1 Å². The van der Waals surface area contributed by atoms with E-state index in [4.69, 9.17) is 16.1 Å². The fraction of sp³-hybridized carbons (Fsp3) is 0.304. The van der Waals surface area contributed by atoms with E-state index in [0.717, 1.165) is 25.7 Å². The van der Waals surface area contributed by atoms with Crippen LogP contribution in [0.4, 0.5) is 11.4 Å². The Morgan fingerprint density at radius 1 is 1.06 bits per heavy atom. The number of hydrogen-bond acceptors (Lipinski definition) is 6. The molecule has 0 bridgehead atoms. The van der Waals surface area contributed by atoms with Gasteiger partial charge in [-0.15, -0.1) is 0 Å². The highest BCUT2D eigenvalue weighted by Crippen LogP contribution is 2.37. The molecule has 4 rings (SSSR count). The lowest BCUT2D eigenvalue weighted by Gasteiger charge is -2.26. The summed E-state index contributed by atoms with van der Waals surface area (Å²) in [4.78, 5) is 29.9. The van der Waals surface area contributed by atoms with Crippen LogP contribution in [0.5, 0.6) is 0 Å². The van der Waals surface area contributed by atoms with Gasteiger partial charge < -0.3 is 15.2 Å². The SMILES string of the molecule is Cc1nc(C2(NCC(=O)Nc3ccccc3C(=O)Nc3ccc(Cl)cc3)CCCC2)no1. The minimum Gasteiger partial charge on any atom is -0.340 e. The maximum atomic E-state index is 12.8. The average Bonchev–Trinajstić information content (AvgIpc) is 3.44. The van der Waals surface area contributed by atoms with Crippen LogP contribution < -0.4 is 16.0 Å². The number of nitrogens with zero attached hydrogens (tertiary/aromatic N) is 2. The first-order valence-corrected chi connectivity index (χ1v) is 10.8. The number of benzene rings is 2. The second-order valence-corrected chi connectivity index (χ2v) is 8.27. The third kappa shape index (κ3) is 4.98. The zero-order chi connectivity index (χ0) is 22.6. The van der Waals surface area contributed by atoms with Gasteiger partial charge in [-0.3, -0.25) is 14.9 Å². The number of aromatic nitrogens is 2. The van der Waals surface area contributed by atoms with Crippen LogP contribution in [-0.4, -0.2) is 28.5 Å². The number of nitrogens with one attached hydrogen (secondary N) is 3. The molecule has 0 unspecified atom stereocenters. The molecule has 0 radical (unpaired) electrons. The number of anilines is 2. The van der Waals surface area contributed by atoms with Crippen LogP contribution in [-0.2, 0) is 10.3 Å². The van der Waals surface area contributed by atoms with Crippen LogP contribution in [0.15, 0.2) is 53.1 Å². The van der Waals surface area contributed by atoms with E-state index in [2.05, 4.69) is 26.1 Å². The molecule has 32 heavy (non-hydrogen) atoms. The zero-order valence-electron chi connectivity index (χ0n) is 17.7. The Balaban J connectivity index is 1.42. The molecule has 0 spiro atoms. The summed E-state index contributed by atoms with van der Waals surface area (Å²) >= 11 is 5.90. The second-order valence-electron chi connectivity index (χ2n) is 7.83. The van der Waals surface area contributed by atoms with Crippen molar-refractivity contribution in [3.63, 3.8) is 0 Å². The second kappa shape index (κ2) is 9.50. The molecule has 3 aromatic rings. The van der Waals surface area contributed by atoms with E-state index < -0.39 is 5.54 Å². The van der Waals surface area contributed by atoms with Gasteiger partial charge in [0.05, 0.1) is 23.3 Å². The Labute approximate surface area is 190 Å². The van der Waals surface area contributed by atoms with Crippen molar-refractivity contribution in [3.05, 3.63) is 70.8 Å². The van der Waals surface area contributed by atoms with Gasteiger partial charge in [-0.1, -0.05) is 41.7 Å².